The largest absolute Gasteiger partial charge is 0.373 e. The molecule has 1 atom stereocenters. The van der Waals surface area contributed by atoms with Crippen LogP contribution in [-0.4, -0.2) is 22.2 Å². The van der Waals surface area contributed by atoms with Gasteiger partial charge in [0.25, 0.3) is 0 Å². The van der Waals surface area contributed by atoms with Gasteiger partial charge in [-0.1, -0.05) is 23.4 Å². The topological polar surface area (TPSA) is 63.8 Å². The minimum absolute atomic E-state index is 0.0179. The average molecular weight is 391 g/mol. The summed E-state index contributed by atoms with van der Waals surface area (Å²) in [4.78, 5) is 9.06. The Balaban J connectivity index is 1.70. The van der Waals surface area contributed by atoms with E-state index in [0.29, 0.717) is 11.7 Å². The molecule has 142 valence electrons. The van der Waals surface area contributed by atoms with Gasteiger partial charge in [0.1, 0.15) is 5.82 Å². The molecule has 1 unspecified atom stereocenters. The molecule has 1 N–H and O–H groups in total. The number of hydrogen-bond acceptors (Lipinski definition) is 6. The van der Waals surface area contributed by atoms with Crippen LogP contribution in [-0.2, 0) is 6.42 Å². The van der Waals surface area contributed by atoms with Crippen LogP contribution >= 0.6 is 11.3 Å². The zero-order valence-corrected chi connectivity index (χ0v) is 17.0. The summed E-state index contributed by atoms with van der Waals surface area (Å²) in [6.45, 7) is 4.28. The third kappa shape index (κ3) is 3.68. The van der Waals surface area contributed by atoms with Crippen LogP contribution in [0.1, 0.15) is 34.1 Å². The molecule has 0 amide bonds. The van der Waals surface area contributed by atoms with E-state index in [0.717, 1.165) is 17.8 Å². The summed E-state index contributed by atoms with van der Waals surface area (Å²) in [5.41, 5.74) is 5.87. The number of benzene rings is 1. The quantitative estimate of drug-likeness (QED) is 0.489. The number of aryl methyl sites for hydroxylation is 2. The van der Waals surface area contributed by atoms with Gasteiger partial charge >= 0.3 is 0 Å². The van der Waals surface area contributed by atoms with E-state index in [2.05, 4.69) is 64.3 Å². The van der Waals surface area contributed by atoms with Gasteiger partial charge < -0.3 is 9.84 Å². The summed E-state index contributed by atoms with van der Waals surface area (Å²) in [6, 6.07) is 12.5. The molecule has 3 heterocycles. The van der Waals surface area contributed by atoms with E-state index in [1.807, 2.05) is 19.2 Å². The van der Waals surface area contributed by atoms with Crippen molar-refractivity contribution in [2.75, 3.05) is 12.4 Å². The fourth-order valence-corrected chi connectivity index (χ4v) is 3.97. The first kappa shape index (κ1) is 18.4. The summed E-state index contributed by atoms with van der Waals surface area (Å²) >= 11 is 1.68. The lowest BCUT2D eigenvalue weighted by molar-refractivity contribution is 0.365. The first-order valence-electron chi connectivity index (χ1n) is 9.20. The van der Waals surface area contributed by atoms with Gasteiger partial charge in [-0.25, -0.2) is 4.98 Å². The Morgan fingerprint density at radius 2 is 2.04 bits per heavy atom. The van der Waals surface area contributed by atoms with E-state index < -0.39 is 0 Å². The van der Waals surface area contributed by atoms with Gasteiger partial charge in [0.05, 0.1) is 11.5 Å². The van der Waals surface area contributed by atoms with Crippen LogP contribution in [0.2, 0.25) is 0 Å². The fraction of sp³-hybridized carbons (Fsp3) is 0.227. The van der Waals surface area contributed by atoms with Crippen molar-refractivity contribution in [3.8, 4) is 11.4 Å². The van der Waals surface area contributed by atoms with E-state index in [1.54, 1.807) is 17.5 Å². The molecule has 0 fully saturated rings. The highest BCUT2D eigenvalue weighted by atomic mass is 32.1. The van der Waals surface area contributed by atoms with Gasteiger partial charge in [-0.3, -0.25) is 0 Å². The van der Waals surface area contributed by atoms with Crippen LogP contribution in [0.4, 0.5) is 5.82 Å². The molecule has 0 saturated carbocycles. The highest BCUT2D eigenvalue weighted by Crippen LogP contribution is 2.32. The van der Waals surface area contributed by atoms with Gasteiger partial charge in [0.15, 0.2) is 0 Å². The monoisotopic (exact) mass is 390 g/mol. The highest BCUT2D eigenvalue weighted by molar-refractivity contribution is 7.08. The molecule has 4 rings (SSSR count). The maximum absolute atomic E-state index is 5.72. The minimum Gasteiger partial charge on any atom is -0.373 e. The standard InChI is InChI=1S/C22H22N4OS/c1-14-6-7-16(11-15(14)2)12-19(17-8-10-28-13-17)22-25-21(26-27-22)18-5-4-9-24-20(18)23-3/h4-11,13,19H,12H2,1-3H3,(H,23,24). The number of rotatable bonds is 6. The molecule has 0 aliphatic rings. The first-order chi connectivity index (χ1) is 13.7. The van der Waals surface area contributed by atoms with Crippen molar-refractivity contribution < 1.29 is 4.52 Å². The number of aromatic nitrogens is 3. The molecule has 0 saturated heterocycles. The summed E-state index contributed by atoms with van der Waals surface area (Å²) in [5.74, 6) is 1.92. The molecule has 3 aromatic heterocycles. The van der Waals surface area contributed by atoms with E-state index in [9.17, 15) is 0 Å². The van der Waals surface area contributed by atoms with E-state index >= 15 is 0 Å². The second kappa shape index (κ2) is 7.94. The third-order valence-corrected chi connectivity index (χ3v) is 5.68. The van der Waals surface area contributed by atoms with Gasteiger partial charge in [-0.2, -0.15) is 16.3 Å². The molecule has 6 heteroatoms. The van der Waals surface area contributed by atoms with Crippen molar-refractivity contribution in [3.05, 3.63) is 81.5 Å². The molecule has 0 bridgehead atoms. The predicted molar refractivity (Wildman–Crippen MR) is 113 cm³/mol. The van der Waals surface area contributed by atoms with Gasteiger partial charge in [-0.05, 0) is 71.5 Å². The van der Waals surface area contributed by atoms with Crippen molar-refractivity contribution in [2.24, 2.45) is 0 Å². The Bertz CT molecular complexity index is 1070. The number of nitrogens with one attached hydrogen (secondary N) is 1. The molecule has 5 nitrogen and oxygen atoms in total. The molecule has 28 heavy (non-hydrogen) atoms. The zero-order valence-electron chi connectivity index (χ0n) is 16.1. The van der Waals surface area contributed by atoms with Crippen LogP contribution in [0.5, 0.6) is 0 Å². The van der Waals surface area contributed by atoms with Crippen molar-refractivity contribution in [1.29, 1.82) is 0 Å². The Hall–Kier alpha value is -2.99. The molecule has 4 aromatic rings. The normalized spacial score (nSPS) is 12.1. The lowest BCUT2D eigenvalue weighted by Crippen LogP contribution is -2.05. The second-order valence-corrected chi connectivity index (χ2v) is 7.62. The van der Waals surface area contributed by atoms with E-state index in [-0.39, 0.29) is 5.92 Å². The number of anilines is 1. The second-order valence-electron chi connectivity index (χ2n) is 6.84. The van der Waals surface area contributed by atoms with Gasteiger partial charge in [-0.15, -0.1) is 0 Å². The fourth-order valence-electron chi connectivity index (χ4n) is 3.26. The molecule has 0 radical (unpaired) electrons. The van der Waals surface area contributed by atoms with Gasteiger partial charge in [0.2, 0.25) is 11.7 Å². The third-order valence-electron chi connectivity index (χ3n) is 4.98. The van der Waals surface area contributed by atoms with Crippen LogP contribution in [0.25, 0.3) is 11.4 Å². The minimum atomic E-state index is 0.0179. The lowest BCUT2D eigenvalue weighted by Gasteiger charge is -2.13. The van der Waals surface area contributed by atoms with E-state index in [1.165, 1.54) is 22.3 Å². The molecule has 0 aliphatic heterocycles. The SMILES string of the molecule is CNc1ncccc1-c1noc(C(Cc2ccc(C)c(C)c2)c2ccsc2)n1. The molecule has 0 spiro atoms. The smallest absolute Gasteiger partial charge is 0.234 e. The number of pyridine rings is 1. The zero-order chi connectivity index (χ0) is 19.5. The van der Waals surface area contributed by atoms with Crippen molar-refractivity contribution in [2.45, 2.75) is 26.2 Å². The Morgan fingerprint density at radius 3 is 2.79 bits per heavy atom. The highest BCUT2D eigenvalue weighted by Gasteiger charge is 2.23. The average Bonchev–Trinajstić information content (AvgIpc) is 3.41. The lowest BCUT2D eigenvalue weighted by atomic mass is 9.92. The van der Waals surface area contributed by atoms with Crippen molar-refractivity contribution in [1.82, 2.24) is 15.1 Å². The first-order valence-corrected chi connectivity index (χ1v) is 10.1. The number of thiophene rings is 1. The Labute approximate surface area is 168 Å². The molecule has 0 aliphatic carbocycles. The van der Waals surface area contributed by atoms with Crippen LogP contribution in [0.3, 0.4) is 0 Å². The molecular formula is C22H22N4OS. The van der Waals surface area contributed by atoms with Crippen molar-refractivity contribution in [3.63, 3.8) is 0 Å². The maximum Gasteiger partial charge on any atom is 0.234 e. The number of hydrogen-bond donors (Lipinski definition) is 1. The molecule has 1 aromatic carbocycles. The van der Waals surface area contributed by atoms with Crippen LogP contribution in [0.15, 0.2) is 57.9 Å². The predicted octanol–water partition coefficient (Wildman–Crippen LogP) is 5.23. The van der Waals surface area contributed by atoms with E-state index in [4.69, 9.17) is 9.51 Å². The van der Waals surface area contributed by atoms with Crippen LogP contribution < -0.4 is 5.32 Å². The summed E-state index contributed by atoms with van der Waals surface area (Å²) in [6.07, 6.45) is 2.55. The Kier molecular flexibility index (Phi) is 5.21. The van der Waals surface area contributed by atoms with Gasteiger partial charge in [0, 0.05) is 13.2 Å². The summed E-state index contributed by atoms with van der Waals surface area (Å²) in [5, 5.41) is 11.6. The van der Waals surface area contributed by atoms with Crippen LogP contribution in [0, 0.1) is 13.8 Å². The number of nitrogens with zero attached hydrogens (tertiary/aromatic N) is 3. The van der Waals surface area contributed by atoms with Crippen molar-refractivity contribution >= 4 is 17.2 Å². The maximum atomic E-state index is 5.72. The summed E-state index contributed by atoms with van der Waals surface area (Å²) in [7, 11) is 1.83. The Morgan fingerprint density at radius 1 is 1.14 bits per heavy atom. The summed E-state index contributed by atoms with van der Waals surface area (Å²) < 4.78 is 5.72. The molecular weight excluding hydrogens is 368 g/mol.